The van der Waals surface area contributed by atoms with Gasteiger partial charge in [-0.05, 0) is 36.5 Å². The van der Waals surface area contributed by atoms with Gasteiger partial charge >= 0.3 is 0 Å². The minimum Gasteiger partial charge on any atom is -0.367 e. The average molecular weight is 353 g/mol. The van der Waals surface area contributed by atoms with E-state index < -0.39 is 0 Å². The highest BCUT2D eigenvalue weighted by molar-refractivity contribution is 6.34. The van der Waals surface area contributed by atoms with Gasteiger partial charge in [-0.3, -0.25) is 15.1 Å². The molecular weight excluding hydrogens is 336 g/mol. The van der Waals surface area contributed by atoms with Crippen molar-refractivity contribution in [3.8, 4) is 0 Å². The monoisotopic (exact) mass is 352 g/mol. The predicted octanol–water partition coefficient (Wildman–Crippen LogP) is 4.05. The molecule has 5 nitrogen and oxygen atoms in total. The first-order valence-electron chi connectivity index (χ1n) is 7.63. The number of rotatable bonds is 3. The van der Waals surface area contributed by atoms with Crippen molar-refractivity contribution in [2.24, 2.45) is 0 Å². The van der Waals surface area contributed by atoms with Gasteiger partial charge < -0.3 is 10.2 Å². The van der Waals surface area contributed by atoms with Crippen LogP contribution in [0.5, 0.6) is 0 Å². The van der Waals surface area contributed by atoms with Crippen LogP contribution in [0.1, 0.15) is 0 Å². The molecule has 6 heteroatoms. The fourth-order valence-corrected chi connectivity index (χ4v) is 2.86. The molecule has 0 atom stereocenters. The van der Waals surface area contributed by atoms with Gasteiger partial charge in [0.15, 0.2) is 0 Å². The minimum absolute atomic E-state index is 0.0846. The van der Waals surface area contributed by atoms with Crippen molar-refractivity contribution >= 4 is 40.4 Å². The number of carbonyl (C=O) groups is 1. The van der Waals surface area contributed by atoms with Crippen molar-refractivity contribution in [1.82, 2.24) is 5.32 Å². The Morgan fingerprint density at radius 3 is 2.56 bits per heavy atom. The molecule has 0 aliphatic carbocycles. The third-order valence-corrected chi connectivity index (χ3v) is 4.16. The van der Waals surface area contributed by atoms with Crippen molar-refractivity contribution in [3.63, 3.8) is 0 Å². The van der Waals surface area contributed by atoms with Crippen LogP contribution in [0.4, 0.5) is 17.1 Å². The molecule has 0 bridgehead atoms. The standard InChI is InChI=1S/C19H17ClN4O/c1-3-22-12-15-18(21)23(2)16-10-9-13(20)11-17(16)24(19(15)25)14-7-5-4-6-8-14/h3-12,21-22H,1H2,2H3/b15-12+,21-18?. The van der Waals surface area contributed by atoms with Crippen LogP contribution in [0.15, 0.2) is 73.1 Å². The number of anilines is 3. The number of carbonyl (C=O) groups excluding carboxylic acids is 1. The second-order valence-electron chi connectivity index (χ2n) is 5.45. The Morgan fingerprint density at radius 1 is 1.16 bits per heavy atom. The number of para-hydroxylation sites is 1. The van der Waals surface area contributed by atoms with Gasteiger partial charge in [0.1, 0.15) is 5.84 Å². The lowest BCUT2D eigenvalue weighted by molar-refractivity contribution is -0.114. The number of nitrogens with zero attached hydrogens (tertiary/aromatic N) is 2. The zero-order valence-corrected chi connectivity index (χ0v) is 14.4. The van der Waals surface area contributed by atoms with E-state index in [1.165, 1.54) is 12.4 Å². The summed E-state index contributed by atoms with van der Waals surface area (Å²) in [4.78, 5) is 16.5. The van der Waals surface area contributed by atoms with Gasteiger partial charge in [0.25, 0.3) is 5.91 Å². The molecule has 1 heterocycles. The van der Waals surface area contributed by atoms with Crippen molar-refractivity contribution in [2.75, 3.05) is 16.8 Å². The summed E-state index contributed by atoms with van der Waals surface area (Å²) in [6.45, 7) is 3.58. The fourth-order valence-electron chi connectivity index (χ4n) is 2.70. The minimum atomic E-state index is -0.321. The van der Waals surface area contributed by atoms with Crippen LogP contribution in [-0.2, 0) is 4.79 Å². The number of likely N-dealkylation sites (N-methyl/N-ethyl adjacent to an activating group) is 1. The van der Waals surface area contributed by atoms with Crippen LogP contribution in [0, 0.1) is 5.41 Å². The molecular formula is C19H17ClN4O. The summed E-state index contributed by atoms with van der Waals surface area (Å²) in [5.74, 6) is -0.236. The van der Waals surface area contributed by atoms with Crippen molar-refractivity contribution < 1.29 is 4.79 Å². The molecule has 2 aromatic rings. The third kappa shape index (κ3) is 3.02. The van der Waals surface area contributed by atoms with Gasteiger partial charge in [0.2, 0.25) is 0 Å². The molecule has 0 aromatic heterocycles. The number of fused-ring (bicyclic) bond motifs is 1. The van der Waals surface area contributed by atoms with Crippen LogP contribution in [0.3, 0.4) is 0 Å². The van der Waals surface area contributed by atoms with Gasteiger partial charge in [0.05, 0.1) is 16.9 Å². The summed E-state index contributed by atoms with van der Waals surface area (Å²) in [5.41, 5.74) is 2.26. The number of hydrogen-bond donors (Lipinski definition) is 2. The summed E-state index contributed by atoms with van der Waals surface area (Å²) in [7, 11) is 1.75. The molecule has 1 amide bonds. The van der Waals surface area contributed by atoms with E-state index in [1.807, 2.05) is 30.3 Å². The largest absolute Gasteiger partial charge is 0.367 e. The molecule has 0 radical (unpaired) electrons. The summed E-state index contributed by atoms with van der Waals surface area (Å²) in [6, 6.07) is 14.6. The van der Waals surface area contributed by atoms with E-state index >= 15 is 0 Å². The van der Waals surface area contributed by atoms with E-state index in [-0.39, 0.29) is 17.3 Å². The van der Waals surface area contributed by atoms with Crippen LogP contribution < -0.4 is 15.1 Å². The Labute approximate surface area is 151 Å². The second-order valence-corrected chi connectivity index (χ2v) is 5.88. The molecule has 2 N–H and O–H groups in total. The van der Waals surface area contributed by atoms with Crippen molar-refractivity contribution in [1.29, 1.82) is 5.41 Å². The van der Waals surface area contributed by atoms with Crippen LogP contribution >= 0.6 is 11.6 Å². The van der Waals surface area contributed by atoms with E-state index in [2.05, 4.69) is 11.9 Å². The highest BCUT2D eigenvalue weighted by Crippen LogP contribution is 2.40. The molecule has 126 valence electrons. The Kier molecular flexibility index (Phi) is 4.59. The Bertz CT molecular complexity index is 876. The maximum atomic E-state index is 13.3. The molecule has 0 saturated carbocycles. The number of amidine groups is 1. The first kappa shape index (κ1) is 16.8. The number of amides is 1. The number of halogens is 1. The lowest BCUT2D eigenvalue weighted by atomic mass is 10.2. The molecule has 0 saturated heterocycles. The van der Waals surface area contributed by atoms with Crippen LogP contribution in [-0.4, -0.2) is 18.8 Å². The summed E-state index contributed by atoms with van der Waals surface area (Å²) in [5, 5.41) is 11.8. The quantitative estimate of drug-likeness (QED) is 0.819. The van der Waals surface area contributed by atoms with E-state index in [0.717, 1.165) is 0 Å². The fraction of sp³-hybridized carbons (Fsp3) is 0.0526. The van der Waals surface area contributed by atoms with Gasteiger partial charge in [-0.2, -0.15) is 0 Å². The third-order valence-electron chi connectivity index (χ3n) is 3.92. The van der Waals surface area contributed by atoms with E-state index in [1.54, 1.807) is 35.0 Å². The van der Waals surface area contributed by atoms with Crippen LogP contribution in [0.2, 0.25) is 5.02 Å². The van der Waals surface area contributed by atoms with Gasteiger partial charge in [0, 0.05) is 24.0 Å². The number of nitrogens with one attached hydrogen (secondary N) is 2. The average Bonchev–Trinajstić information content (AvgIpc) is 2.69. The zero-order chi connectivity index (χ0) is 18.0. The maximum Gasteiger partial charge on any atom is 0.268 e. The molecule has 25 heavy (non-hydrogen) atoms. The molecule has 3 rings (SSSR count). The zero-order valence-electron chi connectivity index (χ0n) is 13.7. The smallest absolute Gasteiger partial charge is 0.268 e. The summed E-state index contributed by atoms with van der Waals surface area (Å²) < 4.78 is 0. The normalized spacial score (nSPS) is 15.8. The highest BCUT2D eigenvalue weighted by atomic mass is 35.5. The Balaban J connectivity index is 2.27. The molecule has 0 spiro atoms. The molecule has 1 aliphatic heterocycles. The molecule has 2 aromatic carbocycles. The van der Waals surface area contributed by atoms with Gasteiger partial charge in [-0.15, -0.1) is 0 Å². The van der Waals surface area contributed by atoms with Crippen molar-refractivity contribution in [3.05, 3.63) is 78.1 Å². The van der Waals surface area contributed by atoms with E-state index in [4.69, 9.17) is 17.0 Å². The molecule has 0 fully saturated rings. The van der Waals surface area contributed by atoms with E-state index in [0.29, 0.717) is 22.1 Å². The lowest BCUT2D eigenvalue weighted by Crippen LogP contribution is -2.32. The first-order chi connectivity index (χ1) is 12.0. The first-order valence-corrected chi connectivity index (χ1v) is 8.01. The summed E-state index contributed by atoms with van der Waals surface area (Å²) >= 11 is 6.18. The molecule has 0 unspecified atom stereocenters. The maximum absolute atomic E-state index is 13.3. The Morgan fingerprint density at radius 2 is 1.88 bits per heavy atom. The number of hydrogen-bond acceptors (Lipinski definition) is 3. The van der Waals surface area contributed by atoms with Gasteiger partial charge in [-0.1, -0.05) is 36.4 Å². The van der Waals surface area contributed by atoms with Gasteiger partial charge in [-0.25, -0.2) is 0 Å². The predicted molar refractivity (Wildman–Crippen MR) is 103 cm³/mol. The lowest BCUT2D eigenvalue weighted by Gasteiger charge is -2.24. The van der Waals surface area contributed by atoms with Crippen LogP contribution in [0.25, 0.3) is 0 Å². The molecule has 1 aliphatic rings. The number of benzene rings is 2. The van der Waals surface area contributed by atoms with E-state index in [9.17, 15) is 4.79 Å². The topological polar surface area (TPSA) is 59.4 Å². The highest BCUT2D eigenvalue weighted by Gasteiger charge is 2.33. The van der Waals surface area contributed by atoms with Crippen molar-refractivity contribution in [2.45, 2.75) is 0 Å². The summed E-state index contributed by atoms with van der Waals surface area (Å²) in [6.07, 6.45) is 2.94. The second kappa shape index (κ2) is 6.83. The Hall–Kier alpha value is -3.05. The SMILES string of the molecule is C=CN/C=C1\C(=N)N(C)c2ccc(Cl)cc2N(c2ccccc2)C1=O.